The number of carbonyl (C=O) groups excluding carboxylic acids is 1. The van der Waals surface area contributed by atoms with Gasteiger partial charge in [0.1, 0.15) is 6.10 Å². The van der Waals surface area contributed by atoms with Gasteiger partial charge in [-0.15, -0.1) is 0 Å². The zero-order chi connectivity index (χ0) is 17.3. The lowest BCUT2D eigenvalue weighted by molar-refractivity contribution is -0.923. The van der Waals surface area contributed by atoms with Gasteiger partial charge in [-0.3, -0.25) is 0 Å². The second-order valence-electron chi connectivity index (χ2n) is 6.63. The predicted molar refractivity (Wildman–Crippen MR) is 88.2 cm³/mol. The maximum absolute atomic E-state index is 12.6. The molecule has 0 aromatic heterocycles. The van der Waals surface area contributed by atoms with Crippen LogP contribution < -0.4 is 19.1 Å². The van der Waals surface area contributed by atoms with Crippen LogP contribution in [0.2, 0.25) is 0 Å². The van der Waals surface area contributed by atoms with E-state index in [0.717, 1.165) is 12.8 Å². The Morgan fingerprint density at radius 1 is 1.00 bits per heavy atom. The smallest absolute Gasteiger partial charge is 0.338 e. The first kappa shape index (κ1) is 16.9. The molecule has 0 saturated carbocycles. The van der Waals surface area contributed by atoms with Crippen molar-refractivity contribution in [1.82, 2.24) is 0 Å². The molecule has 1 aromatic carbocycles. The van der Waals surface area contributed by atoms with Crippen LogP contribution in [0.4, 0.5) is 0 Å². The Hall–Kier alpha value is -1.95. The second-order valence-corrected chi connectivity index (χ2v) is 6.63. The average Bonchev–Trinajstić information content (AvgIpc) is 2.81. The van der Waals surface area contributed by atoms with Gasteiger partial charge in [-0.2, -0.15) is 0 Å². The van der Waals surface area contributed by atoms with Crippen molar-refractivity contribution in [2.75, 3.05) is 28.4 Å². The molecule has 24 heavy (non-hydrogen) atoms. The number of fused-ring (bicyclic) bond motifs is 2. The number of benzene rings is 1. The fraction of sp³-hybridized carbons (Fsp3) is 0.611. The first-order chi connectivity index (χ1) is 11.6. The molecule has 6 heteroatoms. The van der Waals surface area contributed by atoms with E-state index in [9.17, 15) is 4.79 Å². The summed E-state index contributed by atoms with van der Waals surface area (Å²) in [4.78, 5) is 14.2. The number of hydrogen-bond donors (Lipinski definition) is 1. The van der Waals surface area contributed by atoms with Gasteiger partial charge in [0.2, 0.25) is 5.75 Å². The van der Waals surface area contributed by atoms with E-state index < -0.39 is 0 Å². The third kappa shape index (κ3) is 3.02. The summed E-state index contributed by atoms with van der Waals surface area (Å²) in [6.45, 7) is 0. The van der Waals surface area contributed by atoms with E-state index in [4.69, 9.17) is 18.9 Å². The number of quaternary nitrogens is 1. The molecule has 132 valence electrons. The van der Waals surface area contributed by atoms with E-state index in [1.165, 1.54) is 34.2 Å². The summed E-state index contributed by atoms with van der Waals surface area (Å²) >= 11 is 0. The van der Waals surface area contributed by atoms with Gasteiger partial charge in [-0.05, 0) is 12.1 Å². The van der Waals surface area contributed by atoms with Gasteiger partial charge in [-0.25, -0.2) is 4.79 Å². The third-order valence-electron chi connectivity index (χ3n) is 5.42. The Kier molecular flexibility index (Phi) is 4.85. The molecule has 2 unspecified atom stereocenters. The number of rotatable bonds is 5. The number of carbonyl (C=O) groups is 1. The van der Waals surface area contributed by atoms with Crippen LogP contribution in [0.5, 0.6) is 17.2 Å². The lowest BCUT2D eigenvalue weighted by atomic mass is 10.0. The highest BCUT2D eigenvalue weighted by Crippen LogP contribution is 2.38. The Bertz CT molecular complexity index is 578. The molecule has 0 spiro atoms. The molecule has 0 radical (unpaired) electrons. The minimum absolute atomic E-state index is 0.00204. The van der Waals surface area contributed by atoms with Gasteiger partial charge < -0.3 is 23.8 Å². The van der Waals surface area contributed by atoms with Gasteiger partial charge in [0.15, 0.2) is 11.5 Å². The molecule has 2 aliphatic rings. The standard InChI is InChI=1S/C18H25NO5/c1-19-12-5-6-13(19)10-14(9-12)24-18(20)11-7-15(21-2)17(23-4)16(8-11)22-3/h7-8,12-14H,5-6,9-10H2,1-4H3/p+1/t12-,13+,14?. The van der Waals surface area contributed by atoms with Gasteiger partial charge in [0.25, 0.3) is 0 Å². The van der Waals surface area contributed by atoms with Crippen LogP contribution >= 0.6 is 0 Å². The Balaban J connectivity index is 1.75. The zero-order valence-electron chi connectivity index (χ0n) is 14.8. The van der Waals surface area contributed by atoms with Gasteiger partial charge in [0, 0.05) is 25.7 Å². The minimum Gasteiger partial charge on any atom is -0.493 e. The number of nitrogens with one attached hydrogen (secondary N) is 1. The van der Waals surface area contributed by atoms with Crippen molar-refractivity contribution < 1.29 is 28.6 Å². The lowest BCUT2D eigenvalue weighted by Gasteiger charge is -2.33. The molecule has 0 amide bonds. The summed E-state index contributed by atoms with van der Waals surface area (Å²) in [6, 6.07) is 4.50. The quantitative estimate of drug-likeness (QED) is 0.816. The topological polar surface area (TPSA) is 58.4 Å². The van der Waals surface area contributed by atoms with E-state index in [1.807, 2.05) is 0 Å². The van der Waals surface area contributed by atoms with Crippen molar-refractivity contribution in [2.45, 2.75) is 43.9 Å². The summed E-state index contributed by atoms with van der Waals surface area (Å²) in [5.41, 5.74) is 0.420. The molecular formula is C18H26NO5+. The van der Waals surface area contributed by atoms with Crippen LogP contribution in [0.25, 0.3) is 0 Å². The van der Waals surface area contributed by atoms with Gasteiger partial charge >= 0.3 is 5.97 Å². The van der Waals surface area contributed by atoms with E-state index in [-0.39, 0.29) is 12.1 Å². The van der Waals surface area contributed by atoms with Crippen molar-refractivity contribution in [3.8, 4) is 17.2 Å². The lowest BCUT2D eigenvalue weighted by Crippen LogP contribution is -3.15. The van der Waals surface area contributed by atoms with Gasteiger partial charge in [-0.1, -0.05) is 0 Å². The van der Waals surface area contributed by atoms with Crippen LogP contribution in [-0.4, -0.2) is 52.5 Å². The molecule has 4 atom stereocenters. The summed E-state index contributed by atoms with van der Waals surface area (Å²) in [6.07, 6.45) is 4.35. The highest BCUT2D eigenvalue weighted by atomic mass is 16.5. The van der Waals surface area contributed by atoms with Crippen molar-refractivity contribution in [3.05, 3.63) is 17.7 Å². The van der Waals surface area contributed by atoms with Crippen molar-refractivity contribution in [3.63, 3.8) is 0 Å². The van der Waals surface area contributed by atoms with Crippen molar-refractivity contribution in [2.24, 2.45) is 0 Å². The summed E-state index contributed by atoms with van der Waals surface area (Å²) < 4.78 is 21.7. The molecule has 2 bridgehead atoms. The predicted octanol–water partition coefficient (Wildman–Crippen LogP) is 1.08. The monoisotopic (exact) mass is 336 g/mol. The normalized spacial score (nSPS) is 28.3. The molecule has 0 aliphatic carbocycles. The zero-order valence-corrected chi connectivity index (χ0v) is 14.8. The minimum atomic E-state index is -0.335. The van der Waals surface area contributed by atoms with E-state index in [0.29, 0.717) is 34.9 Å². The number of methoxy groups -OCH3 is 3. The Labute approximate surface area is 142 Å². The van der Waals surface area contributed by atoms with Crippen molar-refractivity contribution in [1.29, 1.82) is 0 Å². The highest BCUT2D eigenvalue weighted by molar-refractivity contribution is 5.91. The fourth-order valence-electron chi connectivity index (χ4n) is 4.04. The molecule has 1 N–H and O–H groups in total. The van der Waals surface area contributed by atoms with Gasteiger partial charge in [0.05, 0.1) is 46.0 Å². The summed E-state index contributed by atoms with van der Waals surface area (Å²) in [5.74, 6) is 1.05. The summed E-state index contributed by atoms with van der Waals surface area (Å²) in [5, 5.41) is 0. The highest BCUT2D eigenvalue weighted by Gasteiger charge is 2.43. The Morgan fingerprint density at radius 3 is 2.00 bits per heavy atom. The first-order valence-electron chi connectivity index (χ1n) is 8.41. The van der Waals surface area contributed by atoms with Crippen LogP contribution in [0, 0.1) is 0 Å². The number of hydrogen-bond acceptors (Lipinski definition) is 5. The molecule has 1 aromatic rings. The van der Waals surface area contributed by atoms with E-state index in [2.05, 4.69) is 7.05 Å². The second kappa shape index (κ2) is 6.89. The molecule has 2 aliphatic heterocycles. The third-order valence-corrected chi connectivity index (χ3v) is 5.42. The molecule has 2 saturated heterocycles. The SMILES string of the molecule is COc1cc(C(=O)OC2C[C@H]3CC[C@@H](C2)[NH+]3C)cc(OC)c1OC. The van der Waals surface area contributed by atoms with Crippen LogP contribution in [0.3, 0.4) is 0 Å². The maximum Gasteiger partial charge on any atom is 0.338 e. The van der Waals surface area contributed by atoms with E-state index in [1.54, 1.807) is 17.0 Å². The number of ether oxygens (including phenoxy) is 4. The molecular weight excluding hydrogens is 310 g/mol. The molecule has 2 fully saturated rings. The van der Waals surface area contributed by atoms with E-state index >= 15 is 0 Å². The van der Waals surface area contributed by atoms with Crippen LogP contribution in [-0.2, 0) is 4.74 Å². The average molecular weight is 336 g/mol. The molecule has 3 rings (SSSR count). The van der Waals surface area contributed by atoms with Crippen LogP contribution in [0.15, 0.2) is 12.1 Å². The van der Waals surface area contributed by atoms with Crippen molar-refractivity contribution >= 4 is 5.97 Å². The first-order valence-corrected chi connectivity index (χ1v) is 8.41. The molecule has 2 heterocycles. The Morgan fingerprint density at radius 2 is 1.54 bits per heavy atom. The maximum atomic E-state index is 12.6. The number of piperidine rings is 1. The fourth-order valence-corrected chi connectivity index (χ4v) is 4.04. The largest absolute Gasteiger partial charge is 0.493 e. The van der Waals surface area contributed by atoms with Crippen LogP contribution in [0.1, 0.15) is 36.0 Å². The molecule has 6 nitrogen and oxygen atoms in total. The number of esters is 1. The summed E-state index contributed by atoms with van der Waals surface area (Å²) in [7, 11) is 6.85.